The van der Waals surface area contributed by atoms with Crippen LogP contribution < -0.4 is 5.73 Å². The van der Waals surface area contributed by atoms with Gasteiger partial charge in [0.15, 0.2) is 0 Å². The topological polar surface area (TPSA) is 29.3 Å². The lowest BCUT2D eigenvalue weighted by atomic mass is 9.92. The van der Waals surface area contributed by atoms with Crippen LogP contribution >= 0.6 is 0 Å². The second-order valence-corrected chi connectivity index (χ2v) is 5.06. The second kappa shape index (κ2) is 4.98. The van der Waals surface area contributed by atoms with Crippen molar-refractivity contribution in [3.8, 4) is 0 Å². The van der Waals surface area contributed by atoms with Crippen molar-refractivity contribution in [3.05, 3.63) is 34.4 Å². The van der Waals surface area contributed by atoms with Crippen LogP contribution in [0.25, 0.3) is 0 Å². The Balaban J connectivity index is 3.24. The summed E-state index contributed by atoms with van der Waals surface area (Å²) in [6.45, 7) is 8.55. The maximum atomic E-state index is 6.08. The minimum absolute atomic E-state index is 0.135. The molecule has 1 aromatic rings. The second-order valence-electron chi connectivity index (χ2n) is 5.06. The van der Waals surface area contributed by atoms with E-state index < -0.39 is 0 Å². The summed E-state index contributed by atoms with van der Waals surface area (Å²) < 4.78 is 0. The van der Waals surface area contributed by atoms with Crippen LogP contribution in [0.4, 0.5) is 0 Å². The number of hydrogen-bond donors (Lipinski definition) is 1. The van der Waals surface area contributed by atoms with Crippen LogP contribution in [0.3, 0.4) is 0 Å². The number of nitrogens with zero attached hydrogens (tertiary/aromatic N) is 1. The normalized spacial score (nSPS) is 15.2. The van der Waals surface area contributed by atoms with E-state index in [-0.39, 0.29) is 6.04 Å². The molecule has 2 heteroatoms. The lowest BCUT2D eigenvalue weighted by Gasteiger charge is -2.30. The number of nitrogens with two attached hydrogens (primary N) is 1. The van der Waals surface area contributed by atoms with Gasteiger partial charge in [-0.3, -0.25) is 0 Å². The molecule has 0 aliphatic heterocycles. The smallest absolute Gasteiger partial charge is 0.0493 e. The quantitative estimate of drug-likeness (QED) is 0.848. The first-order valence-corrected chi connectivity index (χ1v) is 5.84. The lowest BCUT2D eigenvalue weighted by Crippen LogP contribution is -2.35. The number of hydrogen-bond acceptors (Lipinski definition) is 2. The highest BCUT2D eigenvalue weighted by Gasteiger charge is 2.20. The van der Waals surface area contributed by atoms with E-state index in [1.54, 1.807) is 0 Å². The Morgan fingerprint density at radius 3 is 1.94 bits per heavy atom. The van der Waals surface area contributed by atoms with Gasteiger partial charge in [-0.15, -0.1) is 0 Å². The minimum atomic E-state index is 0.135. The molecule has 0 aliphatic carbocycles. The van der Waals surface area contributed by atoms with Gasteiger partial charge >= 0.3 is 0 Å². The molecular formula is C14H24N2. The van der Waals surface area contributed by atoms with E-state index in [1.807, 2.05) is 0 Å². The van der Waals surface area contributed by atoms with Crippen LogP contribution in [-0.2, 0) is 0 Å². The first-order chi connectivity index (χ1) is 7.34. The first kappa shape index (κ1) is 13.2. The van der Waals surface area contributed by atoms with Crippen LogP contribution in [0.2, 0.25) is 0 Å². The van der Waals surface area contributed by atoms with Crippen LogP contribution in [0.5, 0.6) is 0 Å². The summed E-state index contributed by atoms with van der Waals surface area (Å²) >= 11 is 0. The summed E-state index contributed by atoms with van der Waals surface area (Å²) in [5.41, 5.74) is 11.5. The highest BCUT2D eigenvalue weighted by Crippen LogP contribution is 2.26. The zero-order valence-electron chi connectivity index (χ0n) is 11.3. The molecule has 16 heavy (non-hydrogen) atoms. The molecule has 90 valence electrons. The third kappa shape index (κ3) is 2.63. The van der Waals surface area contributed by atoms with Crippen LogP contribution in [0.1, 0.15) is 35.2 Å². The van der Waals surface area contributed by atoms with Crippen molar-refractivity contribution < 1.29 is 0 Å². The first-order valence-electron chi connectivity index (χ1n) is 5.84. The van der Waals surface area contributed by atoms with Crippen molar-refractivity contribution in [2.24, 2.45) is 5.73 Å². The van der Waals surface area contributed by atoms with Gasteiger partial charge in [-0.1, -0.05) is 12.1 Å². The van der Waals surface area contributed by atoms with Gasteiger partial charge in [0, 0.05) is 12.1 Å². The molecule has 0 aliphatic rings. The van der Waals surface area contributed by atoms with E-state index in [0.717, 1.165) is 0 Å². The zero-order valence-corrected chi connectivity index (χ0v) is 11.3. The average molecular weight is 220 g/mol. The fourth-order valence-electron chi connectivity index (χ4n) is 2.33. The monoisotopic (exact) mass is 220 g/mol. The van der Waals surface area contributed by atoms with Crippen molar-refractivity contribution in [2.75, 3.05) is 14.1 Å². The predicted octanol–water partition coefficient (Wildman–Crippen LogP) is 2.56. The van der Waals surface area contributed by atoms with Crippen molar-refractivity contribution in [1.82, 2.24) is 4.90 Å². The summed E-state index contributed by atoms with van der Waals surface area (Å²) in [6.07, 6.45) is 0. The largest absolute Gasteiger partial charge is 0.326 e. The molecule has 0 bridgehead atoms. The molecule has 2 unspecified atom stereocenters. The molecule has 0 saturated carbocycles. The van der Waals surface area contributed by atoms with Gasteiger partial charge in [0.2, 0.25) is 0 Å². The zero-order chi connectivity index (χ0) is 12.5. The number of rotatable bonds is 3. The SMILES string of the molecule is Cc1cc(C)c(C(C(C)N)N(C)C)cc1C. The molecule has 2 nitrogen and oxygen atoms in total. The summed E-state index contributed by atoms with van der Waals surface area (Å²) in [5, 5.41) is 0. The van der Waals surface area contributed by atoms with Gasteiger partial charge in [-0.05, 0) is 64.0 Å². The Morgan fingerprint density at radius 1 is 1.00 bits per heavy atom. The molecule has 1 rings (SSSR count). The van der Waals surface area contributed by atoms with Crippen LogP contribution in [0.15, 0.2) is 12.1 Å². The Hall–Kier alpha value is -0.860. The van der Waals surface area contributed by atoms with Crippen LogP contribution in [0, 0.1) is 20.8 Å². The molecule has 0 aromatic heterocycles. The predicted molar refractivity (Wildman–Crippen MR) is 70.7 cm³/mol. The molecule has 2 atom stereocenters. The molecular weight excluding hydrogens is 196 g/mol. The van der Waals surface area contributed by atoms with Gasteiger partial charge in [0.25, 0.3) is 0 Å². The Kier molecular flexibility index (Phi) is 4.11. The molecule has 0 heterocycles. The Morgan fingerprint density at radius 2 is 1.50 bits per heavy atom. The fourth-order valence-corrected chi connectivity index (χ4v) is 2.33. The molecule has 2 N–H and O–H groups in total. The lowest BCUT2D eigenvalue weighted by molar-refractivity contribution is 0.265. The maximum Gasteiger partial charge on any atom is 0.0493 e. The number of likely N-dealkylation sites (N-methyl/N-ethyl adjacent to an activating group) is 1. The van der Waals surface area contributed by atoms with Crippen molar-refractivity contribution >= 4 is 0 Å². The summed E-state index contributed by atoms with van der Waals surface area (Å²) in [5.74, 6) is 0. The van der Waals surface area contributed by atoms with Gasteiger partial charge < -0.3 is 10.6 Å². The average Bonchev–Trinajstić information content (AvgIpc) is 2.12. The summed E-state index contributed by atoms with van der Waals surface area (Å²) in [7, 11) is 4.17. The van der Waals surface area contributed by atoms with E-state index >= 15 is 0 Å². The third-order valence-electron chi connectivity index (χ3n) is 3.26. The highest BCUT2D eigenvalue weighted by molar-refractivity contribution is 5.38. The van der Waals surface area contributed by atoms with E-state index in [4.69, 9.17) is 5.73 Å². The molecule has 0 spiro atoms. The van der Waals surface area contributed by atoms with E-state index in [9.17, 15) is 0 Å². The molecule has 0 radical (unpaired) electrons. The maximum absolute atomic E-state index is 6.08. The Bertz CT molecular complexity index is 359. The van der Waals surface area contributed by atoms with Crippen molar-refractivity contribution in [3.63, 3.8) is 0 Å². The number of benzene rings is 1. The molecule has 1 aromatic carbocycles. The third-order valence-corrected chi connectivity index (χ3v) is 3.26. The van der Waals surface area contributed by atoms with E-state index in [1.165, 1.54) is 22.3 Å². The highest BCUT2D eigenvalue weighted by atomic mass is 15.1. The minimum Gasteiger partial charge on any atom is -0.326 e. The van der Waals surface area contributed by atoms with Gasteiger partial charge in [0.05, 0.1) is 0 Å². The van der Waals surface area contributed by atoms with Gasteiger partial charge in [0.1, 0.15) is 0 Å². The van der Waals surface area contributed by atoms with Gasteiger partial charge in [-0.2, -0.15) is 0 Å². The van der Waals surface area contributed by atoms with E-state index in [0.29, 0.717) is 6.04 Å². The molecule has 0 fully saturated rings. The molecule has 0 saturated heterocycles. The fraction of sp³-hybridized carbons (Fsp3) is 0.571. The van der Waals surface area contributed by atoms with E-state index in [2.05, 4.69) is 58.8 Å². The standard InChI is InChI=1S/C14H24N2/c1-9-7-11(3)13(8-10(9)2)14(12(4)15)16(5)6/h7-8,12,14H,15H2,1-6H3. The van der Waals surface area contributed by atoms with Crippen molar-refractivity contribution in [1.29, 1.82) is 0 Å². The number of aryl methyl sites for hydroxylation is 3. The van der Waals surface area contributed by atoms with Crippen molar-refractivity contribution in [2.45, 2.75) is 39.8 Å². The summed E-state index contributed by atoms with van der Waals surface area (Å²) in [6, 6.07) is 4.96. The van der Waals surface area contributed by atoms with Gasteiger partial charge in [-0.25, -0.2) is 0 Å². The van der Waals surface area contributed by atoms with Crippen LogP contribution in [-0.4, -0.2) is 25.0 Å². The Labute approximate surface area is 99.5 Å². The molecule has 0 amide bonds. The summed E-state index contributed by atoms with van der Waals surface area (Å²) in [4.78, 5) is 2.20.